The zero-order valence-electron chi connectivity index (χ0n) is 14.8. The van der Waals surface area contributed by atoms with Gasteiger partial charge < -0.3 is 9.88 Å². The average molecular weight is 382 g/mol. The lowest BCUT2D eigenvalue weighted by Gasteiger charge is -2.07. The van der Waals surface area contributed by atoms with Gasteiger partial charge in [-0.15, -0.1) is 0 Å². The van der Waals surface area contributed by atoms with E-state index in [2.05, 4.69) is 26.0 Å². The Morgan fingerprint density at radius 3 is 2.93 bits per heavy atom. The highest BCUT2D eigenvalue weighted by Crippen LogP contribution is 2.19. The highest BCUT2D eigenvalue weighted by atomic mass is 35.5. The maximum atomic E-state index is 12.1. The van der Waals surface area contributed by atoms with Crippen molar-refractivity contribution in [2.24, 2.45) is 0 Å². The number of aromatic nitrogens is 4. The highest BCUT2D eigenvalue weighted by Gasteiger charge is 2.07. The quantitative estimate of drug-likeness (QED) is 0.497. The van der Waals surface area contributed by atoms with Gasteiger partial charge in [-0.2, -0.15) is 5.10 Å². The Kier molecular flexibility index (Phi) is 5.07. The normalized spacial score (nSPS) is 11.3. The molecule has 4 rings (SSSR count). The van der Waals surface area contributed by atoms with E-state index in [1.165, 1.54) is 0 Å². The molecule has 0 atom stereocenters. The third-order valence-electron chi connectivity index (χ3n) is 4.58. The van der Waals surface area contributed by atoms with Crippen LogP contribution in [0, 0.1) is 0 Å². The molecule has 1 N–H and O–H groups in total. The summed E-state index contributed by atoms with van der Waals surface area (Å²) < 4.78 is 3.93. The van der Waals surface area contributed by atoms with E-state index < -0.39 is 0 Å². The summed E-state index contributed by atoms with van der Waals surface area (Å²) in [5, 5.41) is 9.00. The van der Waals surface area contributed by atoms with Gasteiger partial charge in [0.15, 0.2) is 0 Å². The van der Waals surface area contributed by atoms with E-state index in [1.807, 2.05) is 47.4 Å². The van der Waals surface area contributed by atoms with Crippen LogP contribution in [0.3, 0.4) is 0 Å². The third kappa shape index (κ3) is 3.95. The molecule has 0 radical (unpaired) electrons. The van der Waals surface area contributed by atoms with E-state index in [0.29, 0.717) is 24.5 Å². The average Bonchev–Trinajstić information content (AvgIpc) is 3.27. The number of imidazole rings is 1. The van der Waals surface area contributed by atoms with E-state index in [1.54, 1.807) is 6.20 Å². The van der Waals surface area contributed by atoms with Gasteiger partial charge in [0.25, 0.3) is 0 Å². The van der Waals surface area contributed by atoms with Crippen LogP contribution in [0.15, 0.2) is 55.0 Å². The second kappa shape index (κ2) is 7.80. The second-order valence-electron chi connectivity index (χ2n) is 6.45. The van der Waals surface area contributed by atoms with Gasteiger partial charge in [-0.25, -0.2) is 4.98 Å². The second-order valence-corrected chi connectivity index (χ2v) is 6.89. The van der Waals surface area contributed by atoms with Crippen LogP contribution < -0.4 is 5.32 Å². The van der Waals surface area contributed by atoms with Gasteiger partial charge in [0.2, 0.25) is 5.91 Å². The van der Waals surface area contributed by atoms with Crippen molar-refractivity contribution in [2.75, 3.05) is 6.54 Å². The number of benzene rings is 2. The van der Waals surface area contributed by atoms with Crippen LogP contribution in [0.25, 0.3) is 21.9 Å². The first-order valence-electron chi connectivity index (χ1n) is 8.98. The molecular formula is C20H20ClN5O. The molecule has 2 aromatic carbocycles. The predicted octanol–water partition coefficient (Wildman–Crippen LogP) is 3.64. The summed E-state index contributed by atoms with van der Waals surface area (Å²) in [7, 11) is 0. The molecule has 0 saturated heterocycles. The number of halogens is 1. The lowest BCUT2D eigenvalue weighted by Crippen LogP contribution is -2.26. The molecule has 0 aliphatic rings. The molecule has 2 aromatic heterocycles. The Bertz CT molecular complexity index is 1080. The van der Waals surface area contributed by atoms with Crippen LogP contribution in [0.4, 0.5) is 0 Å². The Labute approximate surface area is 161 Å². The molecule has 1 amide bonds. The molecule has 0 aliphatic heterocycles. The number of nitrogens with zero attached hydrogens (tertiary/aromatic N) is 4. The number of carbonyl (C=O) groups excluding carboxylic acids is 1. The summed E-state index contributed by atoms with van der Waals surface area (Å²) in [6.07, 6.45) is 4.88. The third-order valence-corrected chi connectivity index (χ3v) is 4.82. The number of hydrogen-bond donors (Lipinski definition) is 1. The summed E-state index contributed by atoms with van der Waals surface area (Å²) >= 11 is 6.05. The first kappa shape index (κ1) is 17.5. The molecule has 7 heteroatoms. The molecule has 6 nitrogen and oxygen atoms in total. The topological polar surface area (TPSA) is 64.7 Å². The van der Waals surface area contributed by atoms with Crippen molar-refractivity contribution >= 4 is 39.4 Å². The Hall–Kier alpha value is -2.86. The molecular weight excluding hydrogens is 362 g/mol. The van der Waals surface area contributed by atoms with Gasteiger partial charge >= 0.3 is 0 Å². The molecule has 0 bridgehead atoms. The molecule has 0 unspecified atom stereocenters. The summed E-state index contributed by atoms with van der Waals surface area (Å²) in [4.78, 5) is 16.5. The van der Waals surface area contributed by atoms with Crippen molar-refractivity contribution < 1.29 is 4.79 Å². The number of carbonyl (C=O) groups is 1. The zero-order chi connectivity index (χ0) is 18.6. The first-order valence-corrected chi connectivity index (χ1v) is 9.36. The van der Waals surface area contributed by atoms with Crippen molar-refractivity contribution in [3.63, 3.8) is 0 Å². The van der Waals surface area contributed by atoms with E-state index in [9.17, 15) is 4.79 Å². The van der Waals surface area contributed by atoms with Crippen LogP contribution in [0.1, 0.15) is 12.8 Å². The number of amides is 1. The fourth-order valence-corrected chi connectivity index (χ4v) is 3.35. The first-order chi connectivity index (χ1) is 13.2. The number of nitrogens with one attached hydrogen (secondary N) is 1. The van der Waals surface area contributed by atoms with Crippen molar-refractivity contribution in [3.8, 4) is 0 Å². The highest BCUT2D eigenvalue weighted by molar-refractivity contribution is 6.31. The number of para-hydroxylation sites is 2. The van der Waals surface area contributed by atoms with Crippen LogP contribution in [-0.2, 0) is 17.9 Å². The predicted molar refractivity (Wildman–Crippen MR) is 107 cm³/mol. The summed E-state index contributed by atoms with van der Waals surface area (Å²) in [5.74, 6) is 0.0242. The zero-order valence-corrected chi connectivity index (χ0v) is 15.6. The van der Waals surface area contributed by atoms with E-state index in [-0.39, 0.29) is 5.91 Å². The Balaban J connectivity index is 1.24. The summed E-state index contributed by atoms with van der Waals surface area (Å²) in [6.45, 7) is 1.99. The molecule has 0 aliphatic carbocycles. The molecule has 2 heterocycles. The van der Waals surface area contributed by atoms with Crippen molar-refractivity contribution in [1.29, 1.82) is 0 Å². The standard InChI is InChI=1S/C20H20ClN5O/c21-16-7-6-15-13-24-26(19(15)12-16)11-8-20(27)22-9-3-10-25-14-23-17-4-1-2-5-18(17)25/h1-2,4-7,12-14H,3,8-11H2,(H,22,27). The van der Waals surface area contributed by atoms with Gasteiger partial charge in [0, 0.05) is 29.9 Å². The molecule has 0 saturated carbocycles. The van der Waals surface area contributed by atoms with Crippen LogP contribution >= 0.6 is 11.6 Å². The fourth-order valence-electron chi connectivity index (χ4n) is 3.18. The maximum Gasteiger partial charge on any atom is 0.221 e. The number of hydrogen-bond acceptors (Lipinski definition) is 3. The van der Waals surface area contributed by atoms with E-state index in [0.717, 1.165) is 34.9 Å². The monoisotopic (exact) mass is 381 g/mol. The van der Waals surface area contributed by atoms with Gasteiger partial charge in [-0.05, 0) is 36.8 Å². The van der Waals surface area contributed by atoms with E-state index >= 15 is 0 Å². The van der Waals surface area contributed by atoms with Crippen LogP contribution in [0.2, 0.25) is 5.02 Å². The minimum Gasteiger partial charge on any atom is -0.356 e. The van der Waals surface area contributed by atoms with Gasteiger partial charge in [0.05, 0.1) is 35.6 Å². The Morgan fingerprint density at radius 1 is 1.11 bits per heavy atom. The van der Waals surface area contributed by atoms with Crippen molar-refractivity contribution in [3.05, 3.63) is 60.0 Å². The fraction of sp³-hybridized carbons (Fsp3) is 0.250. The lowest BCUT2D eigenvalue weighted by atomic mass is 10.2. The molecule has 27 heavy (non-hydrogen) atoms. The van der Waals surface area contributed by atoms with Crippen LogP contribution in [-0.4, -0.2) is 31.8 Å². The summed E-state index contributed by atoms with van der Waals surface area (Å²) in [5.41, 5.74) is 3.06. The summed E-state index contributed by atoms with van der Waals surface area (Å²) in [6, 6.07) is 13.7. The largest absolute Gasteiger partial charge is 0.356 e. The smallest absolute Gasteiger partial charge is 0.221 e. The van der Waals surface area contributed by atoms with Gasteiger partial charge in [-0.1, -0.05) is 23.7 Å². The van der Waals surface area contributed by atoms with Gasteiger partial charge in [-0.3, -0.25) is 9.48 Å². The molecule has 4 aromatic rings. The van der Waals surface area contributed by atoms with Crippen molar-refractivity contribution in [1.82, 2.24) is 24.6 Å². The van der Waals surface area contributed by atoms with Crippen molar-refractivity contribution in [2.45, 2.75) is 25.9 Å². The molecule has 138 valence electrons. The molecule has 0 spiro atoms. The van der Waals surface area contributed by atoms with Crippen LogP contribution in [0.5, 0.6) is 0 Å². The van der Waals surface area contributed by atoms with Gasteiger partial charge in [0.1, 0.15) is 0 Å². The minimum absolute atomic E-state index is 0.0242. The Morgan fingerprint density at radius 2 is 2.00 bits per heavy atom. The molecule has 0 fully saturated rings. The maximum absolute atomic E-state index is 12.1. The lowest BCUT2D eigenvalue weighted by molar-refractivity contribution is -0.121. The minimum atomic E-state index is 0.0242. The SMILES string of the molecule is O=C(CCn1ncc2ccc(Cl)cc21)NCCCn1cnc2ccccc21. The number of rotatable bonds is 7. The van der Waals surface area contributed by atoms with E-state index in [4.69, 9.17) is 11.6 Å². The number of aryl methyl sites for hydroxylation is 2. The number of fused-ring (bicyclic) bond motifs is 2.